The first kappa shape index (κ1) is 18.2. The van der Waals surface area contributed by atoms with Gasteiger partial charge in [0.25, 0.3) is 0 Å². The van der Waals surface area contributed by atoms with Crippen molar-refractivity contribution in [2.75, 3.05) is 19.6 Å². The van der Waals surface area contributed by atoms with E-state index in [0.29, 0.717) is 0 Å². The van der Waals surface area contributed by atoms with Gasteiger partial charge in [0.1, 0.15) is 0 Å². The number of hydrogen-bond acceptors (Lipinski definition) is 2. The Kier molecular flexibility index (Phi) is 4.84. The Morgan fingerprint density at radius 3 is 2.07 bits per heavy atom. The van der Waals surface area contributed by atoms with Crippen molar-refractivity contribution >= 4 is 0 Å². The molecule has 1 aromatic rings. The highest BCUT2D eigenvalue weighted by atomic mass is 16.3. The van der Waals surface area contributed by atoms with Crippen molar-refractivity contribution < 1.29 is 5.11 Å². The first-order chi connectivity index (χ1) is 13.2. The number of likely N-dealkylation sites (tertiary alicyclic amines) is 1. The molecule has 4 bridgehead atoms. The first-order valence-electron chi connectivity index (χ1n) is 11.7. The summed E-state index contributed by atoms with van der Waals surface area (Å²) in [6, 6.07) is 10.8. The first-order valence-corrected chi connectivity index (χ1v) is 11.7. The van der Waals surface area contributed by atoms with Gasteiger partial charge in [-0.3, -0.25) is 0 Å². The van der Waals surface area contributed by atoms with Gasteiger partial charge in [-0.1, -0.05) is 36.8 Å². The molecule has 6 rings (SSSR count). The maximum Gasteiger partial charge on any atom is 0.0953 e. The van der Waals surface area contributed by atoms with E-state index in [2.05, 4.69) is 35.2 Å². The maximum absolute atomic E-state index is 12.4. The van der Waals surface area contributed by atoms with Crippen molar-refractivity contribution in [3.05, 3.63) is 35.9 Å². The zero-order chi connectivity index (χ0) is 18.3. The second kappa shape index (κ2) is 7.19. The average Bonchev–Trinajstić information content (AvgIpc) is 2.68. The van der Waals surface area contributed by atoms with Crippen molar-refractivity contribution in [2.24, 2.45) is 23.2 Å². The summed E-state index contributed by atoms with van der Waals surface area (Å²) >= 11 is 0. The molecule has 4 saturated carbocycles. The smallest absolute Gasteiger partial charge is 0.0953 e. The predicted molar refractivity (Wildman–Crippen MR) is 110 cm³/mol. The molecule has 0 spiro atoms. The highest BCUT2D eigenvalue weighted by Crippen LogP contribution is 2.66. The molecular formula is C25H37NO. The molecule has 5 aliphatic rings. The molecule has 1 aliphatic heterocycles. The van der Waals surface area contributed by atoms with Crippen molar-refractivity contribution in [3.63, 3.8) is 0 Å². The largest absolute Gasteiger partial charge is 0.385 e. The summed E-state index contributed by atoms with van der Waals surface area (Å²) in [5.41, 5.74) is 0.719. The molecule has 0 radical (unpaired) electrons. The second-order valence-electron chi connectivity index (χ2n) is 10.4. The topological polar surface area (TPSA) is 23.5 Å². The van der Waals surface area contributed by atoms with Crippen LogP contribution in [-0.4, -0.2) is 29.6 Å². The monoisotopic (exact) mass is 367 g/mol. The summed E-state index contributed by atoms with van der Waals surface area (Å²) in [5.74, 6) is 2.65. The quantitative estimate of drug-likeness (QED) is 0.732. The Labute approximate surface area is 165 Å². The number of piperidine rings is 1. The Hall–Kier alpha value is -0.860. The van der Waals surface area contributed by atoms with Crippen molar-refractivity contribution in [1.29, 1.82) is 0 Å². The number of aliphatic hydroxyl groups is 1. The number of nitrogens with zero attached hydrogens (tertiary/aromatic N) is 1. The standard InChI is InChI=1S/C25H37NO/c27-25(23-8-3-1-4-9-23,10-7-13-26-11-5-2-6-12-26)24-17-20-14-21(18-24)16-22(15-20)19-24/h1,3-4,8-9,20-22,27H,2,5-7,10-19H2. The molecular weight excluding hydrogens is 330 g/mol. The molecule has 1 N–H and O–H groups in total. The minimum Gasteiger partial charge on any atom is -0.385 e. The van der Waals surface area contributed by atoms with E-state index < -0.39 is 5.60 Å². The van der Waals surface area contributed by atoms with E-state index in [-0.39, 0.29) is 5.41 Å². The van der Waals surface area contributed by atoms with Crippen LogP contribution in [0.1, 0.15) is 76.2 Å². The van der Waals surface area contributed by atoms with Gasteiger partial charge in [-0.25, -0.2) is 0 Å². The van der Waals surface area contributed by atoms with E-state index in [0.717, 1.165) is 30.6 Å². The van der Waals surface area contributed by atoms with Crippen molar-refractivity contribution in [1.82, 2.24) is 4.90 Å². The minimum absolute atomic E-state index is 0.144. The Bertz CT molecular complexity index is 600. The molecule has 1 unspecified atom stereocenters. The lowest BCUT2D eigenvalue weighted by atomic mass is 9.44. The molecule has 2 nitrogen and oxygen atoms in total. The normalized spacial score (nSPS) is 38.0. The highest BCUT2D eigenvalue weighted by molar-refractivity contribution is 5.27. The molecule has 1 saturated heterocycles. The number of benzene rings is 1. The van der Waals surface area contributed by atoms with Crippen LogP contribution in [-0.2, 0) is 5.60 Å². The lowest BCUT2D eigenvalue weighted by molar-refractivity contribution is -0.189. The van der Waals surface area contributed by atoms with Gasteiger partial charge in [0, 0.05) is 5.41 Å². The molecule has 0 aromatic heterocycles. The van der Waals surface area contributed by atoms with Gasteiger partial charge in [0.2, 0.25) is 0 Å². The third-order valence-corrected chi connectivity index (χ3v) is 8.63. The summed E-state index contributed by atoms with van der Waals surface area (Å²) in [5, 5.41) is 12.4. The maximum atomic E-state index is 12.4. The summed E-state index contributed by atoms with van der Waals surface area (Å²) in [4.78, 5) is 2.63. The van der Waals surface area contributed by atoms with E-state index in [1.807, 2.05) is 0 Å². The third kappa shape index (κ3) is 3.27. The second-order valence-corrected chi connectivity index (χ2v) is 10.4. The van der Waals surface area contributed by atoms with Crippen LogP contribution in [0.15, 0.2) is 30.3 Å². The number of hydrogen-bond donors (Lipinski definition) is 1. The molecule has 1 heterocycles. The average molecular weight is 368 g/mol. The molecule has 1 aromatic carbocycles. The summed E-state index contributed by atoms with van der Waals surface area (Å²) < 4.78 is 0. The van der Waals surface area contributed by atoms with Gasteiger partial charge in [-0.05, 0) is 107 Å². The molecule has 0 amide bonds. The predicted octanol–water partition coefficient (Wildman–Crippen LogP) is 5.36. The van der Waals surface area contributed by atoms with Crippen molar-refractivity contribution in [3.8, 4) is 0 Å². The number of rotatable bonds is 6. The van der Waals surface area contributed by atoms with Gasteiger partial charge >= 0.3 is 0 Å². The molecule has 148 valence electrons. The molecule has 5 fully saturated rings. The molecule has 2 heteroatoms. The molecule has 27 heavy (non-hydrogen) atoms. The third-order valence-electron chi connectivity index (χ3n) is 8.63. The van der Waals surface area contributed by atoms with E-state index in [1.54, 1.807) is 0 Å². The van der Waals surface area contributed by atoms with Crippen LogP contribution in [0.5, 0.6) is 0 Å². The minimum atomic E-state index is -0.625. The van der Waals surface area contributed by atoms with E-state index in [4.69, 9.17) is 0 Å². The summed E-state index contributed by atoms with van der Waals surface area (Å²) in [7, 11) is 0. The van der Waals surface area contributed by atoms with Gasteiger partial charge in [-0.15, -0.1) is 0 Å². The fourth-order valence-electron chi connectivity index (χ4n) is 7.79. The molecule has 4 aliphatic carbocycles. The lowest BCUT2D eigenvalue weighted by Gasteiger charge is -2.62. The fourth-order valence-corrected chi connectivity index (χ4v) is 7.79. The van der Waals surface area contributed by atoms with E-state index in [1.165, 1.54) is 83.0 Å². The fraction of sp³-hybridized carbons (Fsp3) is 0.760. The van der Waals surface area contributed by atoms with Gasteiger partial charge < -0.3 is 10.0 Å². The van der Waals surface area contributed by atoms with Crippen LogP contribution in [0.4, 0.5) is 0 Å². The molecule has 1 atom stereocenters. The Morgan fingerprint density at radius 1 is 0.889 bits per heavy atom. The lowest BCUT2D eigenvalue weighted by Crippen LogP contribution is -2.57. The zero-order valence-corrected chi connectivity index (χ0v) is 16.9. The summed E-state index contributed by atoms with van der Waals surface area (Å²) in [6.07, 6.45) is 14.3. The Balaban J connectivity index is 1.39. The summed E-state index contributed by atoms with van der Waals surface area (Å²) in [6.45, 7) is 3.70. The highest BCUT2D eigenvalue weighted by Gasteiger charge is 2.60. The van der Waals surface area contributed by atoms with Gasteiger partial charge in [0.05, 0.1) is 5.60 Å². The van der Waals surface area contributed by atoms with E-state index in [9.17, 15) is 5.11 Å². The van der Waals surface area contributed by atoms with E-state index >= 15 is 0 Å². The Morgan fingerprint density at radius 2 is 1.48 bits per heavy atom. The van der Waals surface area contributed by atoms with Crippen LogP contribution in [0, 0.1) is 23.2 Å². The van der Waals surface area contributed by atoms with Crippen molar-refractivity contribution in [2.45, 2.75) is 76.2 Å². The van der Waals surface area contributed by atoms with Gasteiger partial charge in [0.15, 0.2) is 0 Å². The van der Waals surface area contributed by atoms with Crippen LogP contribution in [0.3, 0.4) is 0 Å². The SMILES string of the molecule is OC(CCCN1CCCCC1)(c1ccccc1)C12CC3CC(CC(C3)C1)C2. The zero-order valence-electron chi connectivity index (χ0n) is 16.9. The van der Waals surface area contributed by atoms with Gasteiger partial charge in [-0.2, -0.15) is 0 Å². The van der Waals surface area contributed by atoms with Crippen LogP contribution in [0.25, 0.3) is 0 Å². The van der Waals surface area contributed by atoms with Crippen LogP contribution < -0.4 is 0 Å². The van der Waals surface area contributed by atoms with Crippen LogP contribution in [0.2, 0.25) is 0 Å². The van der Waals surface area contributed by atoms with Crippen LogP contribution >= 0.6 is 0 Å².